The summed E-state index contributed by atoms with van der Waals surface area (Å²) < 4.78 is 87.5. The second-order valence-corrected chi connectivity index (χ2v) is 5.90. The Balaban J connectivity index is 3.71. The lowest BCUT2D eigenvalue weighted by Crippen LogP contribution is -2.17. The van der Waals surface area contributed by atoms with Crippen LogP contribution in [0.1, 0.15) is 14.9 Å². The molecule has 0 aromatic heterocycles. The molecule has 9 heteroatoms. The van der Waals surface area contributed by atoms with Crippen LogP contribution in [-0.2, 0) is 6.18 Å². The van der Waals surface area contributed by atoms with Crippen molar-refractivity contribution in [3.8, 4) is 0 Å². The minimum Gasteiger partial charge on any atom is -0.203 e. The first-order valence-electron chi connectivity index (χ1n) is 3.80. The molecule has 1 rings (SSSR count). The van der Waals surface area contributed by atoms with E-state index in [0.29, 0.717) is 0 Å². The Labute approximate surface area is 107 Å². The Hall–Kier alpha value is -0.310. The number of benzene rings is 1. The third-order valence-corrected chi connectivity index (χ3v) is 2.71. The fourth-order valence-corrected chi connectivity index (χ4v) is 1.89. The number of halogens is 9. The first kappa shape index (κ1) is 14.7. The van der Waals surface area contributed by atoms with Crippen LogP contribution in [0, 0.1) is 23.3 Å². The summed E-state index contributed by atoms with van der Waals surface area (Å²) >= 11 is 5.10. The summed E-state index contributed by atoms with van der Waals surface area (Å²) in [5.41, 5.74) is -3.79. The molecule has 0 amide bonds. The third-order valence-electron chi connectivity index (χ3n) is 1.80. The van der Waals surface area contributed by atoms with Gasteiger partial charge in [0.2, 0.25) is 0 Å². The van der Waals surface area contributed by atoms with E-state index in [2.05, 4.69) is 31.9 Å². The molecule has 0 heterocycles. The number of hydrogen-bond acceptors (Lipinski definition) is 0. The fraction of sp³-hybridized carbons (Fsp3) is 0.250. The maximum Gasteiger partial charge on any atom is 0.422 e. The molecule has 96 valence electrons. The van der Waals surface area contributed by atoms with E-state index in [4.69, 9.17) is 0 Å². The van der Waals surface area contributed by atoms with Crippen molar-refractivity contribution in [3.05, 3.63) is 34.4 Å². The zero-order chi connectivity index (χ0) is 13.5. The smallest absolute Gasteiger partial charge is 0.203 e. The van der Waals surface area contributed by atoms with Gasteiger partial charge in [-0.15, -0.1) is 0 Å². The summed E-state index contributed by atoms with van der Waals surface area (Å²) in [5.74, 6) is -9.16. The van der Waals surface area contributed by atoms with E-state index >= 15 is 0 Å². The van der Waals surface area contributed by atoms with Gasteiger partial charge in [-0.3, -0.25) is 0 Å². The van der Waals surface area contributed by atoms with Crippen LogP contribution in [0.3, 0.4) is 0 Å². The largest absolute Gasteiger partial charge is 0.422 e. The normalized spacial score (nSPS) is 12.4. The molecule has 0 aliphatic rings. The molecular weight excluding hydrogens is 389 g/mol. The van der Waals surface area contributed by atoms with Crippen LogP contribution in [0.25, 0.3) is 0 Å². The van der Waals surface area contributed by atoms with Gasteiger partial charge >= 0.3 is 6.18 Å². The fourth-order valence-electron chi connectivity index (χ4n) is 1.09. The lowest BCUT2D eigenvalue weighted by molar-refractivity contribution is -0.143. The first-order valence-corrected chi connectivity index (χ1v) is 5.63. The van der Waals surface area contributed by atoms with Crippen molar-refractivity contribution in [2.75, 3.05) is 0 Å². The van der Waals surface area contributed by atoms with Crippen LogP contribution >= 0.6 is 31.9 Å². The van der Waals surface area contributed by atoms with Gasteiger partial charge in [-0.2, -0.15) is 13.2 Å². The molecule has 0 atom stereocenters. The van der Waals surface area contributed by atoms with Gasteiger partial charge < -0.3 is 0 Å². The van der Waals surface area contributed by atoms with Crippen molar-refractivity contribution in [1.29, 1.82) is 0 Å². The molecule has 0 spiro atoms. The molecular formula is C8HBr2F7. The number of alkyl halides is 5. The zero-order valence-corrected chi connectivity index (χ0v) is 10.7. The molecule has 0 bridgehead atoms. The van der Waals surface area contributed by atoms with Crippen molar-refractivity contribution in [2.24, 2.45) is 0 Å². The summed E-state index contributed by atoms with van der Waals surface area (Å²) in [6.45, 7) is 0. The topological polar surface area (TPSA) is 0 Å². The van der Waals surface area contributed by atoms with Crippen LogP contribution < -0.4 is 0 Å². The van der Waals surface area contributed by atoms with Gasteiger partial charge in [0.15, 0.2) is 23.3 Å². The Morgan fingerprint density at radius 2 is 1.12 bits per heavy atom. The predicted molar refractivity (Wildman–Crippen MR) is 51.9 cm³/mol. The summed E-state index contributed by atoms with van der Waals surface area (Å²) in [5, 5.41) is 0. The van der Waals surface area contributed by atoms with Crippen molar-refractivity contribution in [1.82, 2.24) is 0 Å². The minimum absolute atomic E-state index is 1.20. The van der Waals surface area contributed by atoms with E-state index in [1.807, 2.05) is 0 Å². The molecule has 1 aromatic rings. The molecule has 0 aliphatic carbocycles. The quantitative estimate of drug-likeness (QED) is 0.358. The lowest BCUT2D eigenvalue weighted by Gasteiger charge is -2.14. The average Bonchev–Trinajstić information content (AvgIpc) is 2.12. The summed E-state index contributed by atoms with van der Waals surface area (Å²) in [4.78, 5) is 0. The van der Waals surface area contributed by atoms with Crippen molar-refractivity contribution < 1.29 is 30.7 Å². The molecule has 0 unspecified atom stereocenters. The second-order valence-electron chi connectivity index (χ2n) is 2.84. The van der Waals surface area contributed by atoms with Crippen molar-refractivity contribution >= 4 is 31.9 Å². The third kappa shape index (κ3) is 2.59. The molecule has 0 aliphatic heterocycles. The molecule has 0 nitrogen and oxygen atoms in total. The first-order chi connectivity index (χ1) is 7.59. The number of hydrogen-bond donors (Lipinski definition) is 0. The highest BCUT2D eigenvalue weighted by atomic mass is 79.9. The predicted octanol–water partition coefficient (Wildman–Crippen LogP) is 5.05. The Kier molecular flexibility index (Phi) is 4.12. The number of rotatable bonds is 1. The molecule has 0 saturated heterocycles. The van der Waals surface area contributed by atoms with E-state index in [1.165, 1.54) is 0 Å². The Morgan fingerprint density at radius 1 is 0.765 bits per heavy atom. The van der Waals surface area contributed by atoms with Gasteiger partial charge in [0.25, 0.3) is 0 Å². The SMILES string of the molecule is Fc1c(F)c(C(F)(F)F)c(F)c(F)c1C(Br)Br. The van der Waals surface area contributed by atoms with E-state index in [0.717, 1.165) is 0 Å². The highest BCUT2D eigenvalue weighted by molar-refractivity contribution is 9.24. The molecule has 17 heavy (non-hydrogen) atoms. The standard InChI is InChI=1S/C8HBr2F7/c9-7(10)1-3(11)5(13)2(8(15,16)17)6(14)4(1)12/h7H. The van der Waals surface area contributed by atoms with Crippen LogP contribution in [0.4, 0.5) is 30.7 Å². The van der Waals surface area contributed by atoms with Gasteiger partial charge in [0.05, 0.1) is 5.56 Å². The van der Waals surface area contributed by atoms with Crippen LogP contribution in [0.2, 0.25) is 0 Å². The highest BCUT2D eigenvalue weighted by Crippen LogP contribution is 2.41. The minimum atomic E-state index is -5.53. The van der Waals surface area contributed by atoms with Crippen LogP contribution in [-0.4, -0.2) is 0 Å². The van der Waals surface area contributed by atoms with Gasteiger partial charge in [0.1, 0.15) is 9.30 Å². The average molecular weight is 390 g/mol. The van der Waals surface area contributed by atoms with Crippen molar-refractivity contribution in [3.63, 3.8) is 0 Å². The molecule has 0 saturated carbocycles. The Bertz CT molecular complexity index is 423. The summed E-state index contributed by atoms with van der Waals surface area (Å²) in [6.07, 6.45) is -5.53. The summed E-state index contributed by atoms with van der Waals surface area (Å²) in [7, 11) is 0. The Morgan fingerprint density at radius 3 is 1.35 bits per heavy atom. The van der Waals surface area contributed by atoms with E-state index in [1.54, 1.807) is 0 Å². The highest BCUT2D eigenvalue weighted by Gasteiger charge is 2.42. The zero-order valence-electron chi connectivity index (χ0n) is 7.48. The monoisotopic (exact) mass is 388 g/mol. The van der Waals surface area contributed by atoms with Gasteiger partial charge in [-0.1, -0.05) is 31.9 Å². The van der Waals surface area contributed by atoms with Gasteiger partial charge in [0, 0.05) is 0 Å². The summed E-state index contributed by atoms with van der Waals surface area (Å²) in [6, 6.07) is 0. The second kappa shape index (κ2) is 4.75. The lowest BCUT2D eigenvalue weighted by atomic mass is 10.1. The van der Waals surface area contributed by atoms with Crippen molar-refractivity contribution in [2.45, 2.75) is 9.91 Å². The maximum absolute atomic E-state index is 13.1. The molecule has 0 fully saturated rings. The van der Waals surface area contributed by atoms with E-state index in [9.17, 15) is 30.7 Å². The molecule has 1 aromatic carbocycles. The van der Waals surface area contributed by atoms with Crippen LogP contribution in [0.5, 0.6) is 0 Å². The van der Waals surface area contributed by atoms with Gasteiger partial charge in [-0.05, 0) is 0 Å². The van der Waals surface area contributed by atoms with E-state index < -0.39 is 44.3 Å². The molecule has 0 radical (unpaired) electrons. The maximum atomic E-state index is 13.1. The van der Waals surface area contributed by atoms with E-state index in [-0.39, 0.29) is 0 Å². The van der Waals surface area contributed by atoms with Gasteiger partial charge in [-0.25, -0.2) is 17.6 Å². The van der Waals surface area contributed by atoms with Crippen LogP contribution in [0.15, 0.2) is 0 Å². The molecule has 0 N–H and O–H groups in total.